The van der Waals surface area contributed by atoms with E-state index >= 15 is 0 Å². The van der Waals surface area contributed by atoms with Gasteiger partial charge in [-0.3, -0.25) is 4.98 Å². The van der Waals surface area contributed by atoms with Gasteiger partial charge in [-0.05, 0) is 29.3 Å². The molecule has 100 valence electrons. The number of primary sulfonamides is 1. The van der Waals surface area contributed by atoms with Gasteiger partial charge in [-0.15, -0.1) is 0 Å². The second-order valence-electron chi connectivity index (χ2n) is 4.48. The van der Waals surface area contributed by atoms with Gasteiger partial charge in [0.05, 0.1) is 4.90 Å². The first-order valence-corrected chi connectivity index (χ1v) is 7.56. The van der Waals surface area contributed by atoms with E-state index in [4.69, 9.17) is 5.14 Å². The molecule has 0 bridgehead atoms. The second-order valence-corrected chi connectivity index (χ2v) is 6.01. The van der Waals surface area contributed by atoms with Gasteiger partial charge in [0, 0.05) is 23.2 Å². The fraction of sp³-hybridized carbons (Fsp3) is 0. The van der Waals surface area contributed by atoms with E-state index in [1.807, 2.05) is 36.4 Å². The van der Waals surface area contributed by atoms with E-state index in [1.165, 1.54) is 0 Å². The fourth-order valence-corrected chi connectivity index (χ4v) is 2.99. The Bertz CT molecular complexity index is 875. The van der Waals surface area contributed by atoms with E-state index in [0.29, 0.717) is 5.39 Å². The van der Waals surface area contributed by atoms with Crippen LogP contribution in [-0.2, 0) is 10.0 Å². The van der Waals surface area contributed by atoms with Crippen LogP contribution in [0.15, 0.2) is 65.8 Å². The Balaban J connectivity index is 2.37. The summed E-state index contributed by atoms with van der Waals surface area (Å²) in [6, 6.07) is 14.7. The van der Waals surface area contributed by atoms with Crippen molar-refractivity contribution in [1.82, 2.24) is 4.98 Å². The van der Waals surface area contributed by atoms with E-state index < -0.39 is 10.0 Å². The maximum atomic E-state index is 11.8. The highest BCUT2D eigenvalue weighted by molar-refractivity contribution is 7.89. The van der Waals surface area contributed by atoms with Crippen LogP contribution < -0.4 is 5.14 Å². The van der Waals surface area contributed by atoms with Gasteiger partial charge in [0.1, 0.15) is 0 Å². The predicted molar refractivity (Wildman–Crippen MR) is 78.6 cm³/mol. The van der Waals surface area contributed by atoms with E-state index in [2.05, 4.69) is 4.98 Å². The largest absolute Gasteiger partial charge is 0.264 e. The normalized spacial score (nSPS) is 11.7. The zero-order valence-corrected chi connectivity index (χ0v) is 11.3. The third kappa shape index (κ3) is 2.29. The Morgan fingerprint density at radius 3 is 2.40 bits per heavy atom. The molecule has 1 aromatic heterocycles. The molecule has 4 nitrogen and oxygen atoms in total. The number of benzene rings is 2. The molecule has 0 aliphatic rings. The molecule has 0 aliphatic heterocycles. The number of nitrogens with two attached hydrogens (primary N) is 1. The fourth-order valence-electron chi connectivity index (χ4n) is 2.21. The summed E-state index contributed by atoms with van der Waals surface area (Å²) >= 11 is 0. The molecule has 0 atom stereocenters. The van der Waals surface area contributed by atoms with Crippen molar-refractivity contribution in [2.45, 2.75) is 4.90 Å². The van der Waals surface area contributed by atoms with Gasteiger partial charge in [0.25, 0.3) is 0 Å². The van der Waals surface area contributed by atoms with Crippen LogP contribution in [-0.4, -0.2) is 13.4 Å². The Labute approximate surface area is 116 Å². The molecular weight excluding hydrogens is 272 g/mol. The standard InChI is InChI=1S/C15H12N2O2S/c16-20(18,19)15-9-12(11-4-2-1-3-5-11)8-13-10-17-7-6-14(13)15/h1-10H,(H2,16,18,19). The molecule has 0 spiro atoms. The summed E-state index contributed by atoms with van der Waals surface area (Å²) in [4.78, 5) is 4.16. The van der Waals surface area contributed by atoms with Crippen LogP contribution in [0.4, 0.5) is 0 Å². The monoisotopic (exact) mass is 284 g/mol. The molecule has 5 heteroatoms. The Morgan fingerprint density at radius 2 is 1.70 bits per heavy atom. The molecule has 2 aromatic carbocycles. The first kappa shape index (κ1) is 12.8. The third-order valence-corrected chi connectivity index (χ3v) is 4.08. The first-order chi connectivity index (χ1) is 9.55. The van der Waals surface area contributed by atoms with Gasteiger partial charge in [0.2, 0.25) is 10.0 Å². The van der Waals surface area contributed by atoms with Crippen molar-refractivity contribution in [2.75, 3.05) is 0 Å². The second kappa shape index (κ2) is 4.70. The number of rotatable bonds is 2. The van der Waals surface area contributed by atoms with Gasteiger partial charge < -0.3 is 0 Å². The number of hydrogen-bond donors (Lipinski definition) is 1. The quantitative estimate of drug-likeness (QED) is 0.786. The van der Waals surface area contributed by atoms with Crippen LogP contribution in [0.25, 0.3) is 21.9 Å². The first-order valence-electron chi connectivity index (χ1n) is 6.02. The topological polar surface area (TPSA) is 73.1 Å². The lowest BCUT2D eigenvalue weighted by atomic mass is 10.0. The van der Waals surface area contributed by atoms with E-state index in [1.54, 1.807) is 24.5 Å². The Morgan fingerprint density at radius 1 is 0.950 bits per heavy atom. The molecule has 0 radical (unpaired) electrons. The average molecular weight is 284 g/mol. The molecule has 0 aliphatic carbocycles. The van der Waals surface area contributed by atoms with Crippen molar-refractivity contribution in [2.24, 2.45) is 5.14 Å². The Kier molecular flexibility index (Phi) is 3.00. The summed E-state index contributed by atoms with van der Waals surface area (Å²) in [6.45, 7) is 0. The third-order valence-electron chi connectivity index (χ3n) is 3.13. The molecule has 0 unspecified atom stereocenters. The van der Waals surface area contributed by atoms with Gasteiger partial charge in [-0.2, -0.15) is 0 Å². The highest BCUT2D eigenvalue weighted by atomic mass is 32.2. The van der Waals surface area contributed by atoms with Gasteiger partial charge >= 0.3 is 0 Å². The van der Waals surface area contributed by atoms with Crippen molar-refractivity contribution in [1.29, 1.82) is 0 Å². The summed E-state index contributed by atoms with van der Waals surface area (Å²) < 4.78 is 23.6. The molecule has 0 fully saturated rings. The number of fused-ring (bicyclic) bond motifs is 1. The number of aromatic nitrogens is 1. The SMILES string of the molecule is NS(=O)(=O)c1cc(-c2ccccc2)cc2cnccc12. The molecule has 20 heavy (non-hydrogen) atoms. The van der Waals surface area contributed by atoms with Crippen molar-refractivity contribution in [3.8, 4) is 11.1 Å². The van der Waals surface area contributed by atoms with Crippen molar-refractivity contribution >= 4 is 20.8 Å². The molecule has 1 heterocycles. The van der Waals surface area contributed by atoms with Crippen LogP contribution in [0.5, 0.6) is 0 Å². The molecule has 3 rings (SSSR count). The summed E-state index contributed by atoms with van der Waals surface area (Å²) in [5.74, 6) is 0. The lowest BCUT2D eigenvalue weighted by Crippen LogP contribution is -2.12. The van der Waals surface area contributed by atoms with Crippen LogP contribution >= 0.6 is 0 Å². The lowest BCUT2D eigenvalue weighted by Gasteiger charge is -2.08. The minimum atomic E-state index is -3.79. The summed E-state index contributed by atoms with van der Waals surface area (Å²) in [6.07, 6.45) is 3.19. The highest BCUT2D eigenvalue weighted by Gasteiger charge is 2.14. The molecule has 0 saturated carbocycles. The molecule has 0 amide bonds. The summed E-state index contributed by atoms with van der Waals surface area (Å²) in [5.41, 5.74) is 1.73. The van der Waals surface area contributed by atoms with Crippen LogP contribution in [0.3, 0.4) is 0 Å². The highest BCUT2D eigenvalue weighted by Crippen LogP contribution is 2.29. The van der Waals surface area contributed by atoms with E-state index in [0.717, 1.165) is 16.5 Å². The van der Waals surface area contributed by atoms with E-state index in [9.17, 15) is 8.42 Å². The lowest BCUT2D eigenvalue weighted by molar-refractivity contribution is 0.598. The minimum absolute atomic E-state index is 0.122. The number of nitrogens with zero attached hydrogens (tertiary/aromatic N) is 1. The van der Waals surface area contributed by atoms with Crippen LogP contribution in [0.2, 0.25) is 0 Å². The molecular formula is C15H12N2O2S. The number of sulfonamides is 1. The van der Waals surface area contributed by atoms with Crippen LogP contribution in [0.1, 0.15) is 0 Å². The zero-order valence-electron chi connectivity index (χ0n) is 10.5. The van der Waals surface area contributed by atoms with E-state index in [-0.39, 0.29) is 4.90 Å². The average Bonchev–Trinajstić information content (AvgIpc) is 2.46. The molecule has 2 N–H and O–H groups in total. The molecule has 0 saturated heterocycles. The summed E-state index contributed by atoms with van der Waals surface area (Å²) in [7, 11) is -3.79. The number of hydrogen-bond acceptors (Lipinski definition) is 3. The van der Waals surface area contributed by atoms with Gasteiger partial charge in [-0.25, -0.2) is 13.6 Å². The van der Waals surface area contributed by atoms with Crippen molar-refractivity contribution in [3.63, 3.8) is 0 Å². The van der Waals surface area contributed by atoms with Gasteiger partial charge in [0.15, 0.2) is 0 Å². The minimum Gasteiger partial charge on any atom is -0.264 e. The number of pyridine rings is 1. The van der Waals surface area contributed by atoms with Crippen LogP contribution in [0, 0.1) is 0 Å². The predicted octanol–water partition coefficient (Wildman–Crippen LogP) is 2.55. The zero-order chi connectivity index (χ0) is 14.2. The maximum Gasteiger partial charge on any atom is 0.238 e. The van der Waals surface area contributed by atoms with Crippen molar-refractivity contribution in [3.05, 3.63) is 60.9 Å². The summed E-state index contributed by atoms with van der Waals surface area (Å²) in [5, 5.41) is 6.66. The Hall–Kier alpha value is -2.24. The smallest absolute Gasteiger partial charge is 0.238 e. The van der Waals surface area contributed by atoms with Crippen molar-refractivity contribution < 1.29 is 8.42 Å². The molecule has 3 aromatic rings. The van der Waals surface area contributed by atoms with Gasteiger partial charge in [-0.1, -0.05) is 30.3 Å². The maximum absolute atomic E-state index is 11.8.